The maximum absolute atomic E-state index is 10.6. The van der Waals surface area contributed by atoms with Gasteiger partial charge in [0.05, 0.1) is 6.10 Å². The molecule has 0 aliphatic heterocycles. The normalized spacial score (nSPS) is 18.8. The molecule has 4 atom stereocenters. The molecule has 0 N–H and O–H groups in total. The Labute approximate surface area is 107 Å². The molecule has 0 spiro atoms. The highest BCUT2D eigenvalue weighted by molar-refractivity contribution is 5.52. The Morgan fingerprint density at radius 2 is 1.59 bits per heavy atom. The zero-order valence-electron chi connectivity index (χ0n) is 12.4. The van der Waals surface area contributed by atoms with Gasteiger partial charge in [0.25, 0.3) is 0 Å². The Balaban J connectivity index is 3.84. The van der Waals surface area contributed by atoms with Crippen LogP contribution in [0.2, 0.25) is 0 Å². The Morgan fingerprint density at radius 1 is 1.00 bits per heavy atom. The molecule has 102 valence electrons. The van der Waals surface area contributed by atoms with Gasteiger partial charge in [0.15, 0.2) is 0 Å². The number of carbonyl (C=O) groups excluding carboxylic acids is 1. The van der Waals surface area contributed by atoms with Crippen LogP contribution in [0.1, 0.15) is 54.4 Å². The number of hydrogen-bond acceptors (Lipinski definition) is 2. The van der Waals surface area contributed by atoms with E-state index < -0.39 is 0 Å². The average molecular weight is 242 g/mol. The highest BCUT2D eigenvalue weighted by atomic mass is 16.5. The van der Waals surface area contributed by atoms with Crippen LogP contribution < -0.4 is 0 Å². The van der Waals surface area contributed by atoms with Crippen LogP contribution in [0, 0.1) is 23.7 Å². The van der Waals surface area contributed by atoms with Gasteiger partial charge in [-0.1, -0.05) is 34.6 Å². The van der Waals surface area contributed by atoms with Crippen LogP contribution in [0.5, 0.6) is 0 Å². The van der Waals surface area contributed by atoms with Crippen molar-refractivity contribution >= 4 is 6.29 Å². The van der Waals surface area contributed by atoms with Gasteiger partial charge in [0.2, 0.25) is 0 Å². The second kappa shape index (κ2) is 8.68. The lowest BCUT2D eigenvalue weighted by Crippen LogP contribution is -2.23. The van der Waals surface area contributed by atoms with Crippen LogP contribution >= 0.6 is 0 Å². The molecule has 0 amide bonds. The van der Waals surface area contributed by atoms with Crippen molar-refractivity contribution in [3.63, 3.8) is 0 Å². The molecule has 0 saturated carbocycles. The summed E-state index contributed by atoms with van der Waals surface area (Å²) in [6.45, 7) is 13.8. The Kier molecular flexibility index (Phi) is 8.49. The fourth-order valence-corrected chi connectivity index (χ4v) is 2.19. The molecule has 2 nitrogen and oxygen atoms in total. The molecule has 0 heterocycles. The zero-order chi connectivity index (χ0) is 13.4. The molecule has 0 fully saturated rings. The molecular weight excluding hydrogens is 212 g/mol. The maximum Gasteiger partial charge on any atom is 0.122 e. The standard InChI is InChI=1S/C15H30O2/c1-11(2)7-13(4)10-17-15(6)14(5)8-12(3)9-16/h9,11-15H,7-8,10H2,1-6H3. The van der Waals surface area contributed by atoms with Gasteiger partial charge < -0.3 is 9.53 Å². The van der Waals surface area contributed by atoms with E-state index in [1.165, 1.54) is 6.42 Å². The summed E-state index contributed by atoms with van der Waals surface area (Å²) >= 11 is 0. The van der Waals surface area contributed by atoms with Crippen molar-refractivity contribution in [3.05, 3.63) is 0 Å². The molecule has 17 heavy (non-hydrogen) atoms. The summed E-state index contributed by atoms with van der Waals surface area (Å²) < 4.78 is 5.90. The smallest absolute Gasteiger partial charge is 0.122 e. The number of aldehydes is 1. The number of carbonyl (C=O) groups is 1. The minimum atomic E-state index is 0.143. The van der Waals surface area contributed by atoms with Crippen LogP contribution in [0.4, 0.5) is 0 Å². The summed E-state index contributed by atoms with van der Waals surface area (Å²) in [5, 5.41) is 0. The first-order chi connectivity index (χ1) is 7.86. The van der Waals surface area contributed by atoms with Gasteiger partial charge in [-0.3, -0.25) is 0 Å². The van der Waals surface area contributed by atoms with Gasteiger partial charge >= 0.3 is 0 Å². The number of rotatable bonds is 9. The van der Waals surface area contributed by atoms with Crippen molar-refractivity contribution in [2.45, 2.75) is 60.5 Å². The maximum atomic E-state index is 10.6. The Morgan fingerprint density at radius 3 is 2.06 bits per heavy atom. The quantitative estimate of drug-likeness (QED) is 0.573. The predicted octanol–water partition coefficient (Wildman–Crippen LogP) is 3.93. The van der Waals surface area contributed by atoms with Crippen molar-refractivity contribution in [1.29, 1.82) is 0 Å². The summed E-state index contributed by atoms with van der Waals surface area (Å²) in [7, 11) is 0. The van der Waals surface area contributed by atoms with Crippen molar-refractivity contribution in [2.24, 2.45) is 23.7 Å². The first kappa shape index (κ1) is 16.6. The van der Waals surface area contributed by atoms with Crippen molar-refractivity contribution < 1.29 is 9.53 Å². The van der Waals surface area contributed by atoms with Gasteiger partial charge in [-0.2, -0.15) is 0 Å². The topological polar surface area (TPSA) is 26.3 Å². The monoisotopic (exact) mass is 242 g/mol. The van der Waals surface area contributed by atoms with Crippen LogP contribution in [-0.4, -0.2) is 19.0 Å². The van der Waals surface area contributed by atoms with E-state index in [1.54, 1.807) is 0 Å². The molecule has 0 rings (SSSR count). The summed E-state index contributed by atoms with van der Waals surface area (Å²) in [6, 6.07) is 0. The van der Waals surface area contributed by atoms with Crippen molar-refractivity contribution in [3.8, 4) is 0 Å². The molecular formula is C15H30O2. The van der Waals surface area contributed by atoms with Gasteiger partial charge in [0, 0.05) is 12.5 Å². The van der Waals surface area contributed by atoms with Crippen molar-refractivity contribution in [2.75, 3.05) is 6.61 Å². The minimum Gasteiger partial charge on any atom is -0.378 e. The molecule has 0 bridgehead atoms. The van der Waals surface area contributed by atoms with Crippen LogP contribution in [0.15, 0.2) is 0 Å². The molecule has 0 radical (unpaired) electrons. The Hall–Kier alpha value is -0.370. The summed E-state index contributed by atoms with van der Waals surface area (Å²) in [6.07, 6.45) is 3.41. The third-order valence-electron chi connectivity index (χ3n) is 3.29. The van der Waals surface area contributed by atoms with E-state index in [1.807, 2.05) is 6.92 Å². The number of ether oxygens (including phenoxy) is 1. The van der Waals surface area contributed by atoms with Crippen molar-refractivity contribution in [1.82, 2.24) is 0 Å². The first-order valence-electron chi connectivity index (χ1n) is 6.93. The largest absolute Gasteiger partial charge is 0.378 e. The average Bonchev–Trinajstić information content (AvgIpc) is 2.24. The lowest BCUT2D eigenvalue weighted by Gasteiger charge is -2.24. The SMILES string of the molecule is CC(C)CC(C)COC(C)C(C)CC(C)C=O. The lowest BCUT2D eigenvalue weighted by molar-refractivity contribution is -0.111. The third kappa shape index (κ3) is 8.37. The van der Waals surface area contributed by atoms with Crippen LogP contribution in [0.3, 0.4) is 0 Å². The second-order valence-corrected chi connectivity index (χ2v) is 6.10. The van der Waals surface area contributed by atoms with Gasteiger partial charge in [-0.05, 0) is 37.5 Å². The lowest BCUT2D eigenvalue weighted by atomic mass is 9.94. The molecule has 0 aliphatic carbocycles. The highest BCUT2D eigenvalue weighted by Crippen LogP contribution is 2.18. The van der Waals surface area contributed by atoms with E-state index in [-0.39, 0.29) is 12.0 Å². The highest BCUT2D eigenvalue weighted by Gasteiger charge is 2.17. The first-order valence-corrected chi connectivity index (χ1v) is 6.93. The van der Waals surface area contributed by atoms with Crippen LogP contribution in [0.25, 0.3) is 0 Å². The van der Waals surface area contributed by atoms with Gasteiger partial charge in [-0.15, -0.1) is 0 Å². The fourth-order valence-electron chi connectivity index (χ4n) is 2.19. The summed E-state index contributed by atoms with van der Waals surface area (Å²) in [4.78, 5) is 10.6. The van der Waals surface area contributed by atoms with E-state index >= 15 is 0 Å². The van der Waals surface area contributed by atoms with Gasteiger partial charge in [-0.25, -0.2) is 0 Å². The molecule has 4 unspecified atom stereocenters. The molecule has 0 aliphatic rings. The van der Waals surface area contributed by atoms with E-state index in [0.29, 0.717) is 11.8 Å². The summed E-state index contributed by atoms with van der Waals surface area (Å²) in [5.74, 6) is 1.94. The molecule has 0 aromatic heterocycles. The minimum absolute atomic E-state index is 0.143. The van der Waals surface area contributed by atoms with E-state index in [4.69, 9.17) is 4.74 Å². The number of hydrogen-bond donors (Lipinski definition) is 0. The van der Waals surface area contributed by atoms with E-state index in [9.17, 15) is 4.79 Å². The van der Waals surface area contributed by atoms with Crippen LogP contribution in [-0.2, 0) is 9.53 Å². The third-order valence-corrected chi connectivity index (χ3v) is 3.29. The fraction of sp³-hybridized carbons (Fsp3) is 0.933. The van der Waals surface area contributed by atoms with Gasteiger partial charge in [0.1, 0.15) is 6.29 Å². The van der Waals surface area contributed by atoms with E-state index in [0.717, 1.165) is 25.2 Å². The Bertz CT molecular complexity index is 201. The predicted molar refractivity (Wildman–Crippen MR) is 73.0 cm³/mol. The zero-order valence-corrected chi connectivity index (χ0v) is 12.4. The molecule has 2 heteroatoms. The molecule has 0 saturated heterocycles. The summed E-state index contributed by atoms with van der Waals surface area (Å²) in [5.41, 5.74) is 0. The van der Waals surface area contributed by atoms with E-state index in [2.05, 4.69) is 34.6 Å². The second-order valence-electron chi connectivity index (χ2n) is 6.10. The molecule has 0 aromatic rings. The molecule has 0 aromatic carbocycles.